The molecule has 0 unspecified atom stereocenters. The highest BCUT2D eigenvalue weighted by Crippen LogP contribution is 2.28. The standard InChI is InChI=1S/C12H11N3O.ClH/c1-15(2)12-11-10(13-7-14-12)8-5-3-4-6-9(8)16-11;/h3-7H,1-2H3;1H. The van der Waals surface area contributed by atoms with Gasteiger partial charge in [0.05, 0.1) is 14.1 Å². The van der Waals surface area contributed by atoms with Crippen LogP contribution in [0.1, 0.15) is 0 Å². The number of furan rings is 1. The van der Waals surface area contributed by atoms with Gasteiger partial charge in [-0.2, -0.15) is 4.98 Å². The summed E-state index contributed by atoms with van der Waals surface area (Å²) in [5, 5.41) is 1.04. The summed E-state index contributed by atoms with van der Waals surface area (Å²) in [5.74, 6) is 0.890. The highest BCUT2D eigenvalue weighted by Gasteiger charge is 2.16. The zero-order valence-corrected chi connectivity index (χ0v) is 10.3. The molecule has 5 heteroatoms. The van der Waals surface area contributed by atoms with Crippen LogP contribution in [0.4, 0.5) is 5.82 Å². The molecule has 0 saturated carbocycles. The first-order valence-electron chi connectivity index (χ1n) is 5.20. The SMILES string of the molecule is C[NH+](C)c1ncnc2c1oc1ccccc12.[Cl-]. The lowest BCUT2D eigenvalue weighted by Gasteiger charge is -2.03. The number of nitrogens with one attached hydrogen (secondary N) is 1. The van der Waals surface area contributed by atoms with Crippen LogP contribution in [0.5, 0.6) is 0 Å². The van der Waals surface area contributed by atoms with Gasteiger partial charge in [-0.05, 0) is 12.1 Å². The Morgan fingerprint density at radius 1 is 1.12 bits per heavy atom. The largest absolute Gasteiger partial charge is 1.00 e. The topological polar surface area (TPSA) is 43.4 Å². The zero-order chi connectivity index (χ0) is 11.1. The summed E-state index contributed by atoms with van der Waals surface area (Å²) in [7, 11) is 4.05. The molecule has 2 heterocycles. The van der Waals surface area contributed by atoms with Crippen molar-refractivity contribution in [1.29, 1.82) is 0 Å². The number of para-hydroxylation sites is 1. The van der Waals surface area contributed by atoms with E-state index in [0.29, 0.717) is 0 Å². The van der Waals surface area contributed by atoms with Gasteiger partial charge in [0.15, 0.2) is 0 Å². The summed E-state index contributed by atoms with van der Waals surface area (Å²) < 4.78 is 5.80. The molecule has 4 nitrogen and oxygen atoms in total. The van der Waals surface area contributed by atoms with E-state index in [1.807, 2.05) is 38.4 Å². The fourth-order valence-electron chi connectivity index (χ4n) is 1.88. The molecule has 0 amide bonds. The lowest BCUT2D eigenvalue weighted by Crippen LogP contribution is -3.00. The summed E-state index contributed by atoms with van der Waals surface area (Å²) in [6, 6.07) is 7.91. The normalized spacial score (nSPS) is 11.0. The van der Waals surface area contributed by atoms with Crippen LogP contribution in [0, 0.1) is 0 Å². The maximum absolute atomic E-state index is 5.80. The van der Waals surface area contributed by atoms with Crippen LogP contribution < -0.4 is 17.3 Å². The Balaban J connectivity index is 0.00000108. The van der Waals surface area contributed by atoms with Gasteiger partial charge in [-0.15, -0.1) is 0 Å². The molecule has 0 saturated heterocycles. The molecule has 0 radical (unpaired) electrons. The van der Waals surface area contributed by atoms with Gasteiger partial charge in [0.25, 0.3) is 5.82 Å². The van der Waals surface area contributed by atoms with Gasteiger partial charge in [-0.25, -0.2) is 4.98 Å². The van der Waals surface area contributed by atoms with Crippen molar-refractivity contribution in [2.75, 3.05) is 14.1 Å². The van der Waals surface area contributed by atoms with E-state index in [-0.39, 0.29) is 12.4 Å². The van der Waals surface area contributed by atoms with Crippen molar-refractivity contribution in [2.45, 2.75) is 0 Å². The molecule has 0 atom stereocenters. The maximum atomic E-state index is 5.80. The minimum absolute atomic E-state index is 0. The summed E-state index contributed by atoms with van der Waals surface area (Å²) in [5.41, 5.74) is 2.53. The Hall–Kier alpha value is -1.65. The van der Waals surface area contributed by atoms with Crippen LogP contribution in [0.3, 0.4) is 0 Å². The van der Waals surface area contributed by atoms with Crippen LogP contribution >= 0.6 is 0 Å². The highest BCUT2D eigenvalue weighted by molar-refractivity contribution is 6.04. The number of benzene rings is 1. The van der Waals surface area contributed by atoms with Crippen molar-refractivity contribution >= 4 is 27.9 Å². The quantitative estimate of drug-likeness (QED) is 0.551. The van der Waals surface area contributed by atoms with E-state index in [9.17, 15) is 0 Å². The Morgan fingerprint density at radius 2 is 1.88 bits per heavy atom. The molecule has 2 aromatic heterocycles. The average molecular weight is 250 g/mol. The molecule has 3 rings (SSSR count). The summed E-state index contributed by atoms with van der Waals surface area (Å²) in [6.45, 7) is 0. The minimum atomic E-state index is 0. The van der Waals surface area contributed by atoms with Gasteiger partial charge in [0, 0.05) is 5.39 Å². The van der Waals surface area contributed by atoms with Gasteiger partial charge >= 0.3 is 0 Å². The Kier molecular flexibility index (Phi) is 3.00. The fourth-order valence-corrected chi connectivity index (χ4v) is 1.88. The number of hydrogen-bond acceptors (Lipinski definition) is 3. The average Bonchev–Trinajstić information content (AvgIpc) is 2.67. The predicted octanol–water partition coefficient (Wildman–Crippen LogP) is -1.84. The van der Waals surface area contributed by atoms with Crippen molar-refractivity contribution in [3.05, 3.63) is 30.6 Å². The number of nitrogens with zero attached hydrogens (tertiary/aromatic N) is 2. The van der Waals surface area contributed by atoms with Gasteiger partial charge < -0.3 is 16.8 Å². The lowest BCUT2D eigenvalue weighted by molar-refractivity contribution is -0.788. The van der Waals surface area contributed by atoms with E-state index in [4.69, 9.17) is 4.42 Å². The first-order chi connectivity index (χ1) is 7.77. The van der Waals surface area contributed by atoms with E-state index in [0.717, 1.165) is 32.8 Å². The zero-order valence-electron chi connectivity index (χ0n) is 9.57. The molecule has 1 N–H and O–H groups in total. The van der Waals surface area contributed by atoms with Crippen molar-refractivity contribution in [1.82, 2.24) is 9.97 Å². The van der Waals surface area contributed by atoms with E-state index in [1.165, 1.54) is 0 Å². The number of hydrogen-bond donors (Lipinski definition) is 1. The van der Waals surface area contributed by atoms with E-state index in [1.54, 1.807) is 6.33 Å². The van der Waals surface area contributed by atoms with Crippen LogP contribution in [0.25, 0.3) is 22.1 Å². The van der Waals surface area contributed by atoms with Crippen molar-refractivity contribution in [3.8, 4) is 0 Å². The summed E-state index contributed by atoms with van der Waals surface area (Å²) >= 11 is 0. The molecule has 0 aliphatic carbocycles. The van der Waals surface area contributed by atoms with Crippen molar-refractivity contribution < 1.29 is 21.7 Å². The highest BCUT2D eigenvalue weighted by atomic mass is 35.5. The van der Waals surface area contributed by atoms with Gasteiger partial charge in [-0.3, -0.25) is 4.90 Å². The molecular formula is C12H12ClN3O. The first kappa shape index (κ1) is 11.8. The third-order valence-electron chi connectivity index (χ3n) is 2.63. The Bertz CT molecular complexity index is 663. The smallest absolute Gasteiger partial charge is 0.272 e. The summed E-state index contributed by atoms with van der Waals surface area (Å²) in [6.07, 6.45) is 1.59. The fraction of sp³-hybridized carbons (Fsp3) is 0.167. The number of fused-ring (bicyclic) bond motifs is 3. The first-order valence-corrected chi connectivity index (χ1v) is 5.20. The third-order valence-corrected chi connectivity index (χ3v) is 2.63. The lowest BCUT2D eigenvalue weighted by atomic mass is 10.2. The molecule has 88 valence electrons. The molecular weight excluding hydrogens is 238 g/mol. The van der Waals surface area contributed by atoms with Gasteiger partial charge in [0.2, 0.25) is 5.58 Å². The number of quaternary nitrogens is 1. The second kappa shape index (κ2) is 4.31. The molecule has 0 fully saturated rings. The van der Waals surface area contributed by atoms with E-state index >= 15 is 0 Å². The van der Waals surface area contributed by atoms with Crippen LogP contribution in [-0.2, 0) is 0 Å². The van der Waals surface area contributed by atoms with E-state index in [2.05, 4.69) is 9.97 Å². The molecule has 0 aliphatic rings. The van der Waals surface area contributed by atoms with E-state index < -0.39 is 0 Å². The maximum Gasteiger partial charge on any atom is 0.272 e. The second-order valence-corrected chi connectivity index (χ2v) is 4.00. The Morgan fingerprint density at radius 3 is 2.65 bits per heavy atom. The van der Waals surface area contributed by atoms with Gasteiger partial charge in [-0.1, -0.05) is 12.1 Å². The van der Waals surface area contributed by atoms with Crippen LogP contribution in [0.2, 0.25) is 0 Å². The number of rotatable bonds is 1. The molecule has 0 aliphatic heterocycles. The summed E-state index contributed by atoms with van der Waals surface area (Å²) in [4.78, 5) is 9.68. The number of halogens is 1. The van der Waals surface area contributed by atoms with Crippen molar-refractivity contribution in [2.24, 2.45) is 0 Å². The van der Waals surface area contributed by atoms with Crippen LogP contribution in [0.15, 0.2) is 35.0 Å². The number of aromatic nitrogens is 2. The second-order valence-electron chi connectivity index (χ2n) is 4.00. The molecule has 1 aromatic carbocycles. The van der Waals surface area contributed by atoms with Crippen molar-refractivity contribution in [3.63, 3.8) is 0 Å². The third kappa shape index (κ3) is 1.75. The van der Waals surface area contributed by atoms with Gasteiger partial charge in [0.1, 0.15) is 17.4 Å². The van der Waals surface area contributed by atoms with Crippen LogP contribution in [-0.4, -0.2) is 24.1 Å². The molecule has 3 aromatic rings. The molecule has 0 spiro atoms. The molecule has 0 bridgehead atoms. The molecule has 17 heavy (non-hydrogen) atoms. The predicted molar refractivity (Wildman–Crippen MR) is 61.8 cm³/mol. The Labute approximate surface area is 105 Å². The minimum Gasteiger partial charge on any atom is -1.00 e. The monoisotopic (exact) mass is 249 g/mol.